The molecule has 1 saturated heterocycles. The summed E-state index contributed by atoms with van der Waals surface area (Å²) in [7, 11) is 4.05. The first kappa shape index (κ1) is 14.0. The van der Waals surface area contributed by atoms with Gasteiger partial charge in [0.1, 0.15) is 0 Å². The zero-order valence-electron chi connectivity index (χ0n) is 11.7. The molecule has 1 aliphatic rings. The Morgan fingerprint density at radius 1 is 1.37 bits per heavy atom. The normalized spacial score (nSPS) is 19.2. The Hall–Kier alpha value is -1.39. The molecule has 2 rings (SSSR count). The second kappa shape index (κ2) is 6.17. The van der Waals surface area contributed by atoms with Crippen molar-refractivity contribution in [1.29, 1.82) is 0 Å². The average Bonchev–Trinajstić information content (AvgIpc) is 2.86. The number of rotatable bonds is 4. The van der Waals surface area contributed by atoms with Crippen LogP contribution < -0.4 is 0 Å². The van der Waals surface area contributed by atoms with E-state index in [4.69, 9.17) is 0 Å². The van der Waals surface area contributed by atoms with Crippen LogP contribution in [0.15, 0.2) is 24.3 Å². The van der Waals surface area contributed by atoms with Crippen molar-refractivity contribution in [3.8, 4) is 0 Å². The minimum Gasteiger partial charge on any atom is -0.394 e. The summed E-state index contributed by atoms with van der Waals surface area (Å²) in [6.07, 6.45) is 1.89. The number of hydrogen-bond acceptors (Lipinski definition) is 3. The number of nitrogens with zero attached hydrogens (tertiary/aromatic N) is 2. The second-order valence-electron chi connectivity index (χ2n) is 5.41. The largest absolute Gasteiger partial charge is 0.394 e. The third-order valence-corrected chi connectivity index (χ3v) is 3.55. The van der Waals surface area contributed by atoms with E-state index < -0.39 is 0 Å². The molecule has 19 heavy (non-hydrogen) atoms. The molecule has 1 aromatic carbocycles. The molecule has 0 aromatic heterocycles. The number of aliphatic hydroxyl groups excluding tert-OH is 1. The van der Waals surface area contributed by atoms with Gasteiger partial charge in [0, 0.05) is 18.7 Å². The van der Waals surface area contributed by atoms with Crippen LogP contribution in [-0.2, 0) is 6.54 Å². The molecule has 1 amide bonds. The molecule has 0 radical (unpaired) electrons. The standard InChI is InChI=1S/C15H22N2O2/c1-16(2)10-12-5-7-13(8-6-12)15(19)17-9-3-4-14(17)11-18/h5-8,14,18H,3-4,9-11H2,1-2H3/t14-/m0/s1. The monoisotopic (exact) mass is 262 g/mol. The summed E-state index contributed by atoms with van der Waals surface area (Å²) in [6.45, 7) is 1.69. The van der Waals surface area contributed by atoms with Crippen LogP contribution in [0.25, 0.3) is 0 Å². The summed E-state index contributed by atoms with van der Waals surface area (Å²) in [6, 6.07) is 7.75. The highest BCUT2D eigenvalue weighted by Crippen LogP contribution is 2.20. The van der Waals surface area contributed by atoms with Crippen molar-refractivity contribution in [1.82, 2.24) is 9.80 Å². The first-order valence-corrected chi connectivity index (χ1v) is 6.77. The summed E-state index contributed by atoms with van der Waals surface area (Å²) in [5.74, 6) is 0.0351. The Balaban J connectivity index is 2.07. The van der Waals surface area contributed by atoms with Gasteiger partial charge in [0.15, 0.2) is 0 Å². The Bertz CT molecular complexity index is 428. The highest BCUT2D eigenvalue weighted by Gasteiger charge is 2.28. The van der Waals surface area contributed by atoms with Gasteiger partial charge in [-0.1, -0.05) is 12.1 Å². The number of aliphatic hydroxyl groups is 1. The van der Waals surface area contributed by atoms with Gasteiger partial charge in [0.25, 0.3) is 5.91 Å². The van der Waals surface area contributed by atoms with Gasteiger partial charge in [-0.25, -0.2) is 0 Å². The molecular weight excluding hydrogens is 240 g/mol. The molecule has 4 heteroatoms. The maximum Gasteiger partial charge on any atom is 0.254 e. The topological polar surface area (TPSA) is 43.8 Å². The van der Waals surface area contributed by atoms with Crippen LogP contribution in [0.3, 0.4) is 0 Å². The van der Waals surface area contributed by atoms with E-state index in [2.05, 4.69) is 4.90 Å². The quantitative estimate of drug-likeness (QED) is 0.890. The van der Waals surface area contributed by atoms with E-state index in [1.165, 1.54) is 5.56 Å². The molecule has 1 heterocycles. The number of amides is 1. The van der Waals surface area contributed by atoms with Crippen LogP contribution in [-0.4, -0.2) is 54.1 Å². The van der Waals surface area contributed by atoms with Crippen LogP contribution in [0.5, 0.6) is 0 Å². The van der Waals surface area contributed by atoms with Crippen LogP contribution in [0.4, 0.5) is 0 Å². The summed E-state index contributed by atoms with van der Waals surface area (Å²) >= 11 is 0. The Kier molecular flexibility index (Phi) is 4.56. The van der Waals surface area contributed by atoms with E-state index in [0.717, 1.165) is 25.9 Å². The Morgan fingerprint density at radius 2 is 2.05 bits per heavy atom. The summed E-state index contributed by atoms with van der Waals surface area (Å²) in [5.41, 5.74) is 1.91. The van der Waals surface area contributed by atoms with Crippen LogP contribution in [0.2, 0.25) is 0 Å². The fourth-order valence-electron chi connectivity index (χ4n) is 2.58. The summed E-state index contributed by atoms with van der Waals surface area (Å²) in [5, 5.41) is 9.28. The molecule has 1 atom stereocenters. The van der Waals surface area contributed by atoms with E-state index >= 15 is 0 Å². The third-order valence-electron chi connectivity index (χ3n) is 3.55. The van der Waals surface area contributed by atoms with Gasteiger partial charge >= 0.3 is 0 Å². The molecule has 0 saturated carbocycles. The lowest BCUT2D eigenvalue weighted by atomic mass is 10.1. The molecule has 104 valence electrons. The van der Waals surface area contributed by atoms with Crippen molar-refractivity contribution in [2.45, 2.75) is 25.4 Å². The first-order valence-electron chi connectivity index (χ1n) is 6.77. The lowest BCUT2D eigenvalue weighted by molar-refractivity contribution is 0.0677. The molecule has 0 bridgehead atoms. The van der Waals surface area contributed by atoms with Crippen molar-refractivity contribution in [2.24, 2.45) is 0 Å². The maximum atomic E-state index is 12.4. The highest BCUT2D eigenvalue weighted by molar-refractivity contribution is 5.94. The number of hydrogen-bond donors (Lipinski definition) is 1. The van der Waals surface area contributed by atoms with Crippen LogP contribution in [0, 0.1) is 0 Å². The highest BCUT2D eigenvalue weighted by atomic mass is 16.3. The van der Waals surface area contributed by atoms with Gasteiger partial charge in [0.2, 0.25) is 0 Å². The summed E-state index contributed by atoms with van der Waals surface area (Å²) < 4.78 is 0. The molecule has 0 spiro atoms. The lowest BCUT2D eigenvalue weighted by Gasteiger charge is -2.23. The molecule has 1 aliphatic heterocycles. The van der Waals surface area contributed by atoms with Crippen molar-refractivity contribution in [3.05, 3.63) is 35.4 Å². The number of carbonyl (C=O) groups excluding carboxylic acids is 1. The van der Waals surface area contributed by atoms with Crippen molar-refractivity contribution < 1.29 is 9.90 Å². The number of carbonyl (C=O) groups is 1. The van der Waals surface area contributed by atoms with Gasteiger partial charge in [-0.2, -0.15) is 0 Å². The molecule has 1 N–H and O–H groups in total. The Labute approximate surface area is 114 Å². The van der Waals surface area contributed by atoms with E-state index in [-0.39, 0.29) is 18.6 Å². The number of likely N-dealkylation sites (tertiary alicyclic amines) is 1. The zero-order chi connectivity index (χ0) is 13.8. The fraction of sp³-hybridized carbons (Fsp3) is 0.533. The summed E-state index contributed by atoms with van der Waals surface area (Å²) in [4.78, 5) is 16.2. The van der Waals surface area contributed by atoms with E-state index in [1.807, 2.05) is 38.4 Å². The minimum atomic E-state index is -0.00560. The predicted octanol–water partition coefficient (Wildman–Crippen LogP) is 1.35. The molecule has 1 fully saturated rings. The minimum absolute atomic E-state index is 0.00560. The van der Waals surface area contributed by atoms with E-state index in [0.29, 0.717) is 5.56 Å². The number of benzene rings is 1. The molecule has 0 aliphatic carbocycles. The third kappa shape index (κ3) is 3.33. The van der Waals surface area contributed by atoms with Gasteiger partial charge in [-0.3, -0.25) is 4.79 Å². The maximum absolute atomic E-state index is 12.4. The smallest absolute Gasteiger partial charge is 0.254 e. The van der Waals surface area contributed by atoms with Gasteiger partial charge in [-0.05, 0) is 44.6 Å². The predicted molar refractivity (Wildman–Crippen MR) is 75.0 cm³/mol. The second-order valence-corrected chi connectivity index (χ2v) is 5.41. The van der Waals surface area contributed by atoms with Gasteiger partial charge in [0.05, 0.1) is 12.6 Å². The molecule has 0 unspecified atom stereocenters. The SMILES string of the molecule is CN(C)Cc1ccc(C(=O)N2CCC[C@H]2CO)cc1. The van der Waals surface area contributed by atoms with Crippen molar-refractivity contribution >= 4 is 5.91 Å². The zero-order valence-corrected chi connectivity index (χ0v) is 11.7. The average molecular weight is 262 g/mol. The molecular formula is C15H22N2O2. The van der Waals surface area contributed by atoms with E-state index in [1.54, 1.807) is 4.90 Å². The van der Waals surface area contributed by atoms with Crippen LogP contribution in [0.1, 0.15) is 28.8 Å². The lowest BCUT2D eigenvalue weighted by Crippen LogP contribution is -2.37. The molecule has 1 aromatic rings. The first-order chi connectivity index (χ1) is 9.11. The van der Waals surface area contributed by atoms with E-state index in [9.17, 15) is 9.90 Å². The van der Waals surface area contributed by atoms with Crippen molar-refractivity contribution in [2.75, 3.05) is 27.2 Å². The Morgan fingerprint density at radius 3 is 2.63 bits per heavy atom. The van der Waals surface area contributed by atoms with Crippen molar-refractivity contribution in [3.63, 3.8) is 0 Å². The van der Waals surface area contributed by atoms with Crippen LogP contribution >= 0.6 is 0 Å². The fourth-order valence-corrected chi connectivity index (χ4v) is 2.58. The van der Waals surface area contributed by atoms with Gasteiger partial charge in [-0.15, -0.1) is 0 Å². The molecule has 4 nitrogen and oxygen atoms in total. The van der Waals surface area contributed by atoms with Gasteiger partial charge < -0.3 is 14.9 Å².